The highest BCUT2D eigenvalue weighted by Crippen LogP contribution is 2.79. The van der Waals surface area contributed by atoms with Gasteiger partial charge in [-0.2, -0.15) is 0 Å². The molecule has 5 aliphatic heterocycles. The van der Waals surface area contributed by atoms with Crippen LogP contribution in [0.1, 0.15) is 126 Å². The van der Waals surface area contributed by atoms with Crippen molar-refractivity contribution in [2.45, 2.75) is 248 Å². The molecule has 0 bridgehead atoms. The Morgan fingerprint density at radius 2 is 1.31 bits per heavy atom. The van der Waals surface area contributed by atoms with Crippen molar-refractivity contribution >= 4 is 11.9 Å². The van der Waals surface area contributed by atoms with Crippen LogP contribution >= 0.6 is 0 Å². The van der Waals surface area contributed by atoms with E-state index in [9.17, 15) is 50.4 Å². The Morgan fingerprint density at radius 1 is 0.704 bits per heavy atom. The van der Waals surface area contributed by atoms with Crippen molar-refractivity contribution in [1.29, 1.82) is 0 Å². The molecule has 0 aromatic carbocycles. The summed E-state index contributed by atoms with van der Waals surface area (Å²) in [5, 5.41) is 88.9. The number of rotatable bonds is 11. The van der Waals surface area contributed by atoms with Gasteiger partial charge in [0, 0.05) is 43.1 Å². The number of hydrogen-bond donors (Lipinski definition) is 8. The Morgan fingerprint density at radius 3 is 1.89 bits per heavy atom. The zero-order chi connectivity index (χ0) is 51.3. The number of aliphatic hydroxyl groups is 8. The molecule has 0 unspecified atom stereocenters. The minimum atomic E-state index is -1.69. The number of hydrogen-bond acceptors (Lipinski definition) is 20. The third kappa shape index (κ3) is 8.95. The first-order chi connectivity index (χ1) is 33.4. The lowest BCUT2D eigenvalue weighted by Crippen LogP contribution is -2.75. The molecule has 8 fully saturated rings. The molecule has 4 saturated carbocycles. The molecule has 4 saturated heterocycles. The molecule has 0 spiro atoms. The maximum atomic E-state index is 13.1. The van der Waals surface area contributed by atoms with Gasteiger partial charge in [0.25, 0.3) is 0 Å². The van der Waals surface area contributed by atoms with E-state index in [0.717, 1.165) is 37.7 Å². The average molecular weight is 1010 g/mol. The van der Waals surface area contributed by atoms with Crippen molar-refractivity contribution < 1.29 is 97.8 Å². The highest BCUT2D eigenvalue weighted by molar-refractivity contribution is 5.85. The quantitative estimate of drug-likeness (QED) is 0.107. The van der Waals surface area contributed by atoms with Gasteiger partial charge < -0.3 is 88.2 Å². The molecule has 20 nitrogen and oxygen atoms in total. The van der Waals surface area contributed by atoms with Crippen LogP contribution in [0.2, 0.25) is 0 Å². The third-order valence-electron chi connectivity index (χ3n) is 20.0. The van der Waals surface area contributed by atoms with Gasteiger partial charge in [-0.05, 0) is 100 Å². The first-order valence-electron chi connectivity index (χ1n) is 26.1. The summed E-state index contributed by atoms with van der Waals surface area (Å²) in [4.78, 5) is 24.3. The van der Waals surface area contributed by atoms with Crippen LogP contribution in [0.15, 0.2) is 11.6 Å². The molecule has 26 atom stereocenters. The van der Waals surface area contributed by atoms with Crippen LogP contribution in [0.5, 0.6) is 0 Å². The summed E-state index contributed by atoms with van der Waals surface area (Å²) in [6, 6.07) is 0. The predicted octanol–water partition coefficient (Wildman–Crippen LogP) is 1.39. The maximum absolute atomic E-state index is 13.1. The number of fused-ring (bicyclic) bond motifs is 5. The number of carbonyl (C=O) groups is 2. The second-order valence-electron chi connectivity index (χ2n) is 23.4. The van der Waals surface area contributed by atoms with E-state index >= 15 is 0 Å². The SMILES string of the molecule is CC(=O)O[C@H]1C[C@@H](O[C@@H]2[C@H](C)O[C@H](O[C@@H]3[C@H](C)O[C@H](O[C@@H]4CC[C@@]5(C)[C@@H](CC[C@]6(C)[C@]5(C)C[C@H](O)[C@]5(C)[C@@H](C7=CC(=O)OC7)CC[C@@]56O)C4)C[C@@H]3O)C[C@@H]2O)O[C@@H](C)[C@H]1O[C@H]1O[C@@H](CO)[C@@H](O)[C@@H](O)[C@@H]1O. The fraction of sp³-hybridized carbons (Fsp3) is 0.922. The lowest BCUT2D eigenvalue weighted by atomic mass is 9.31. The monoisotopic (exact) mass is 1010 g/mol. The van der Waals surface area contributed by atoms with Gasteiger partial charge in [-0.15, -0.1) is 0 Å². The molecule has 9 rings (SSSR count). The van der Waals surface area contributed by atoms with Crippen molar-refractivity contribution in [2.75, 3.05) is 13.2 Å². The van der Waals surface area contributed by atoms with Crippen LogP contribution in [-0.4, -0.2) is 188 Å². The van der Waals surface area contributed by atoms with E-state index in [1.807, 2.05) is 13.8 Å². The fourth-order valence-corrected chi connectivity index (χ4v) is 15.6. The second-order valence-corrected chi connectivity index (χ2v) is 23.4. The second kappa shape index (κ2) is 19.9. The van der Waals surface area contributed by atoms with Crippen LogP contribution in [0.4, 0.5) is 0 Å². The van der Waals surface area contributed by atoms with Gasteiger partial charge in [0.2, 0.25) is 0 Å². The Bertz CT molecular complexity index is 1950. The molecule has 0 radical (unpaired) electrons. The Labute approximate surface area is 415 Å². The van der Waals surface area contributed by atoms with Crippen molar-refractivity contribution in [1.82, 2.24) is 0 Å². The van der Waals surface area contributed by atoms with Gasteiger partial charge in [0.05, 0.1) is 54.9 Å². The van der Waals surface area contributed by atoms with Gasteiger partial charge in [0.15, 0.2) is 25.2 Å². The zero-order valence-electron chi connectivity index (χ0n) is 42.4. The first kappa shape index (κ1) is 53.9. The minimum Gasteiger partial charge on any atom is -0.459 e. The van der Waals surface area contributed by atoms with Crippen molar-refractivity contribution in [2.24, 2.45) is 33.5 Å². The largest absolute Gasteiger partial charge is 0.459 e. The molecular formula is C51H80O20. The number of cyclic esters (lactones) is 1. The van der Waals surface area contributed by atoms with E-state index in [2.05, 4.69) is 20.8 Å². The number of esters is 2. The summed E-state index contributed by atoms with van der Waals surface area (Å²) in [5.74, 6) is -0.862. The Kier molecular flexibility index (Phi) is 15.1. The van der Waals surface area contributed by atoms with Crippen molar-refractivity contribution in [3.8, 4) is 0 Å². The summed E-state index contributed by atoms with van der Waals surface area (Å²) in [7, 11) is 0. The van der Waals surface area contributed by atoms with Gasteiger partial charge in [0.1, 0.15) is 55.4 Å². The lowest BCUT2D eigenvalue weighted by Gasteiger charge is -2.74. The molecule has 0 aromatic heterocycles. The molecule has 5 heterocycles. The molecule has 20 heteroatoms. The Hall–Kier alpha value is -1.96. The fourth-order valence-electron chi connectivity index (χ4n) is 15.6. The van der Waals surface area contributed by atoms with Crippen LogP contribution < -0.4 is 0 Å². The van der Waals surface area contributed by atoms with E-state index < -0.39 is 140 Å². The van der Waals surface area contributed by atoms with E-state index in [1.165, 1.54) is 6.92 Å². The molecule has 0 amide bonds. The molecular weight excluding hydrogens is 933 g/mol. The summed E-state index contributed by atoms with van der Waals surface area (Å²) < 4.78 is 60.3. The normalized spacial score (nSPS) is 54.3. The summed E-state index contributed by atoms with van der Waals surface area (Å²) >= 11 is 0. The van der Waals surface area contributed by atoms with Crippen LogP contribution in [-0.2, 0) is 57.0 Å². The van der Waals surface area contributed by atoms with Crippen LogP contribution in [0, 0.1) is 33.5 Å². The predicted molar refractivity (Wildman–Crippen MR) is 244 cm³/mol. The van der Waals surface area contributed by atoms with E-state index in [0.29, 0.717) is 19.3 Å². The molecule has 8 N–H and O–H groups in total. The third-order valence-corrected chi connectivity index (χ3v) is 20.0. The standard InChI is InChI=1S/C51H80O20/c1-23-43(69-38-18-32(55)44(24(2)64-38)70-39-19-33(66-26(4)53)45(25(3)65-39)71-46-42(60)41(59)40(58)34(21-52)68-46)31(54)17-37(63-23)67-29-10-12-47(5)28(16-29)9-13-48(6)49(47,7)20-35(56)50(8)30(11-14-51(48,50)61)27-15-36(57)62-22-27/h15,23-25,28-35,37-46,52,54-56,58-61H,9-14,16-22H2,1-8H3/t23-,24-,25-,28-,29+,30+,31-,32-,33-,34-,35-,37+,38+,39+,40+,41+,42-,43+,44+,45+,46+,47-,48+,49+,50-,51-/m0/s1. The van der Waals surface area contributed by atoms with E-state index in [4.69, 9.17) is 47.4 Å². The van der Waals surface area contributed by atoms with Crippen LogP contribution in [0.25, 0.3) is 0 Å². The van der Waals surface area contributed by atoms with Gasteiger partial charge in [-0.1, -0.05) is 27.7 Å². The number of ether oxygens (including phenoxy) is 10. The highest BCUT2D eigenvalue weighted by Gasteiger charge is 2.79. The van der Waals surface area contributed by atoms with Crippen molar-refractivity contribution in [3.63, 3.8) is 0 Å². The first-order valence-corrected chi connectivity index (χ1v) is 26.1. The summed E-state index contributed by atoms with van der Waals surface area (Å²) in [6.45, 7) is 14.8. The average Bonchev–Trinajstić information content (AvgIpc) is 3.86. The molecule has 0 aromatic rings. The van der Waals surface area contributed by atoms with Gasteiger partial charge >= 0.3 is 11.9 Å². The molecule has 71 heavy (non-hydrogen) atoms. The van der Waals surface area contributed by atoms with Gasteiger partial charge in [-0.3, -0.25) is 4.79 Å². The molecule has 404 valence electrons. The van der Waals surface area contributed by atoms with Crippen molar-refractivity contribution in [3.05, 3.63) is 11.6 Å². The highest BCUT2D eigenvalue weighted by atomic mass is 16.8. The van der Waals surface area contributed by atoms with Gasteiger partial charge in [-0.25, -0.2) is 4.79 Å². The number of carbonyl (C=O) groups excluding carboxylic acids is 2. The topological polar surface area (TPSA) is 288 Å². The van der Waals surface area contributed by atoms with Crippen LogP contribution in [0.3, 0.4) is 0 Å². The van der Waals surface area contributed by atoms with E-state index in [1.54, 1.807) is 19.9 Å². The minimum absolute atomic E-state index is 0.00807. The summed E-state index contributed by atoms with van der Waals surface area (Å²) in [6.07, 6.45) is -11.6. The zero-order valence-corrected chi connectivity index (χ0v) is 42.4. The van der Waals surface area contributed by atoms with E-state index in [-0.39, 0.29) is 60.6 Å². The maximum Gasteiger partial charge on any atom is 0.331 e. The molecule has 4 aliphatic carbocycles. The lowest BCUT2D eigenvalue weighted by molar-refractivity contribution is -0.355. The Balaban J connectivity index is 0.769. The number of aliphatic hydroxyl groups excluding tert-OH is 7. The molecule has 9 aliphatic rings. The summed E-state index contributed by atoms with van der Waals surface area (Å²) in [5.41, 5.74) is -2.16. The smallest absolute Gasteiger partial charge is 0.331 e.